The highest BCUT2D eigenvalue weighted by molar-refractivity contribution is 6.30. The molecular weight excluding hydrogens is 368 g/mol. The number of rotatable bonds is 5. The molecule has 4 nitrogen and oxygen atoms in total. The van der Waals surface area contributed by atoms with Crippen LogP contribution < -0.4 is 10.2 Å². The fraction of sp³-hybridized carbons (Fsp3) is 0.565. The SMILES string of the molecule is CCCc1cc(N2CCCC3CCCCC32)nc(Nc2cc(Cl)ccc2C)n1. The van der Waals surface area contributed by atoms with Gasteiger partial charge in [0.2, 0.25) is 5.95 Å². The second kappa shape index (κ2) is 8.69. The third-order valence-electron chi connectivity index (χ3n) is 6.26. The standard InChI is InChI=1S/C23H31ClN4/c1-3-7-19-15-22(28-13-6-9-17-8-4-5-10-21(17)28)27-23(25-19)26-20-14-18(24)12-11-16(20)2/h11-12,14-15,17,21H,3-10,13H2,1-2H3,(H,25,26,27). The van der Waals surface area contributed by atoms with Crippen molar-refractivity contribution in [2.75, 3.05) is 16.8 Å². The van der Waals surface area contributed by atoms with Crippen molar-refractivity contribution >= 4 is 29.1 Å². The van der Waals surface area contributed by atoms with E-state index < -0.39 is 0 Å². The molecule has 2 aliphatic rings. The van der Waals surface area contributed by atoms with Gasteiger partial charge in [-0.2, -0.15) is 4.98 Å². The van der Waals surface area contributed by atoms with Gasteiger partial charge in [-0.15, -0.1) is 0 Å². The molecule has 0 bridgehead atoms. The second-order valence-corrected chi connectivity index (χ2v) is 8.76. The number of aryl methyl sites for hydroxylation is 2. The molecule has 0 amide bonds. The van der Waals surface area contributed by atoms with E-state index in [1.54, 1.807) is 0 Å². The Bertz CT molecular complexity index is 820. The molecule has 1 saturated heterocycles. The highest BCUT2D eigenvalue weighted by Gasteiger charge is 2.34. The maximum atomic E-state index is 6.20. The number of fused-ring (bicyclic) bond motifs is 1. The van der Waals surface area contributed by atoms with Crippen LogP contribution in [-0.2, 0) is 6.42 Å². The monoisotopic (exact) mass is 398 g/mol. The van der Waals surface area contributed by atoms with Crippen LogP contribution in [0.1, 0.15) is 63.1 Å². The summed E-state index contributed by atoms with van der Waals surface area (Å²) in [5, 5.41) is 4.15. The Kier molecular flexibility index (Phi) is 6.05. The molecule has 1 saturated carbocycles. The molecule has 0 spiro atoms. The summed E-state index contributed by atoms with van der Waals surface area (Å²) in [5.74, 6) is 2.61. The molecule has 4 rings (SSSR count). The molecular formula is C23H31ClN4. The van der Waals surface area contributed by atoms with E-state index in [9.17, 15) is 0 Å². The van der Waals surface area contributed by atoms with Crippen molar-refractivity contribution in [1.82, 2.24) is 9.97 Å². The number of nitrogens with one attached hydrogen (secondary N) is 1. The Morgan fingerprint density at radius 2 is 1.93 bits per heavy atom. The van der Waals surface area contributed by atoms with Crippen LogP contribution in [0.2, 0.25) is 5.02 Å². The van der Waals surface area contributed by atoms with Gasteiger partial charge in [-0.3, -0.25) is 0 Å². The normalized spacial score (nSPS) is 22.0. The third kappa shape index (κ3) is 4.27. The first kappa shape index (κ1) is 19.5. The van der Waals surface area contributed by atoms with Crippen molar-refractivity contribution in [2.24, 2.45) is 5.92 Å². The molecule has 1 N–H and O–H groups in total. The van der Waals surface area contributed by atoms with Crippen LogP contribution in [-0.4, -0.2) is 22.6 Å². The van der Waals surface area contributed by atoms with E-state index in [4.69, 9.17) is 21.6 Å². The topological polar surface area (TPSA) is 41.1 Å². The molecule has 0 radical (unpaired) electrons. The molecule has 1 aromatic heterocycles. The molecule has 1 aliphatic carbocycles. The molecule has 2 fully saturated rings. The van der Waals surface area contributed by atoms with Gasteiger partial charge in [0.25, 0.3) is 0 Å². The Hall–Kier alpha value is -1.81. The average molecular weight is 399 g/mol. The summed E-state index contributed by atoms with van der Waals surface area (Å²) in [6, 6.07) is 8.76. The first-order valence-electron chi connectivity index (χ1n) is 10.8. The number of aromatic nitrogens is 2. The van der Waals surface area contributed by atoms with Crippen LogP contribution >= 0.6 is 11.6 Å². The third-order valence-corrected chi connectivity index (χ3v) is 6.49. The van der Waals surface area contributed by atoms with Gasteiger partial charge in [0.1, 0.15) is 5.82 Å². The van der Waals surface area contributed by atoms with Gasteiger partial charge in [-0.05, 0) is 62.6 Å². The largest absolute Gasteiger partial charge is 0.353 e. The second-order valence-electron chi connectivity index (χ2n) is 8.32. The maximum Gasteiger partial charge on any atom is 0.229 e. The van der Waals surface area contributed by atoms with E-state index in [-0.39, 0.29) is 0 Å². The van der Waals surface area contributed by atoms with E-state index in [0.717, 1.165) is 53.1 Å². The number of benzene rings is 1. The summed E-state index contributed by atoms with van der Waals surface area (Å²) in [4.78, 5) is 12.3. The number of halogens is 1. The summed E-state index contributed by atoms with van der Waals surface area (Å²) >= 11 is 6.20. The van der Waals surface area contributed by atoms with Gasteiger partial charge in [0.05, 0.1) is 0 Å². The highest BCUT2D eigenvalue weighted by atomic mass is 35.5. The number of hydrogen-bond acceptors (Lipinski definition) is 4. The quantitative estimate of drug-likeness (QED) is 0.642. The Labute approximate surface area is 173 Å². The average Bonchev–Trinajstić information content (AvgIpc) is 2.70. The lowest BCUT2D eigenvalue weighted by Gasteiger charge is -2.44. The lowest BCUT2D eigenvalue weighted by atomic mass is 9.78. The Morgan fingerprint density at radius 3 is 2.79 bits per heavy atom. The predicted octanol–water partition coefficient (Wildman–Crippen LogP) is 6.29. The number of nitrogens with zero attached hydrogens (tertiary/aromatic N) is 3. The van der Waals surface area contributed by atoms with Gasteiger partial charge in [0, 0.05) is 35.1 Å². The lowest BCUT2D eigenvalue weighted by molar-refractivity contribution is 0.242. The van der Waals surface area contributed by atoms with E-state index in [2.05, 4.69) is 30.1 Å². The molecule has 28 heavy (non-hydrogen) atoms. The van der Waals surface area contributed by atoms with Gasteiger partial charge in [0.15, 0.2) is 0 Å². The van der Waals surface area contributed by atoms with Gasteiger partial charge >= 0.3 is 0 Å². The molecule has 150 valence electrons. The first-order valence-corrected chi connectivity index (χ1v) is 11.2. The van der Waals surface area contributed by atoms with Crippen molar-refractivity contribution in [1.29, 1.82) is 0 Å². The van der Waals surface area contributed by atoms with Gasteiger partial charge < -0.3 is 10.2 Å². The summed E-state index contributed by atoms with van der Waals surface area (Å²) < 4.78 is 0. The minimum absolute atomic E-state index is 0.646. The fourth-order valence-corrected chi connectivity index (χ4v) is 5.00. The fourth-order valence-electron chi connectivity index (χ4n) is 4.83. The zero-order chi connectivity index (χ0) is 19.5. The summed E-state index contributed by atoms with van der Waals surface area (Å²) in [7, 11) is 0. The van der Waals surface area contributed by atoms with E-state index in [1.807, 2.05) is 18.2 Å². The van der Waals surface area contributed by atoms with E-state index in [1.165, 1.54) is 38.5 Å². The zero-order valence-electron chi connectivity index (χ0n) is 17.0. The van der Waals surface area contributed by atoms with Crippen LogP contribution in [0.5, 0.6) is 0 Å². The van der Waals surface area contributed by atoms with E-state index in [0.29, 0.717) is 12.0 Å². The zero-order valence-corrected chi connectivity index (χ0v) is 17.8. The highest BCUT2D eigenvalue weighted by Crippen LogP contribution is 2.37. The number of anilines is 3. The van der Waals surface area contributed by atoms with Crippen LogP contribution in [0.25, 0.3) is 0 Å². The van der Waals surface area contributed by atoms with Crippen molar-refractivity contribution in [3.05, 3.63) is 40.5 Å². The molecule has 5 heteroatoms. The number of hydrogen-bond donors (Lipinski definition) is 1. The molecule has 1 aliphatic heterocycles. The molecule has 2 atom stereocenters. The molecule has 2 heterocycles. The summed E-state index contributed by atoms with van der Waals surface area (Å²) in [6.07, 6.45) is 10.1. The number of piperidine rings is 1. The summed E-state index contributed by atoms with van der Waals surface area (Å²) in [5.41, 5.74) is 3.23. The van der Waals surface area contributed by atoms with Gasteiger partial charge in [-0.1, -0.05) is 43.9 Å². The Morgan fingerprint density at radius 1 is 1.11 bits per heavy atom. The minimum Gasteiger partial charge on any atom is -0.353 e. The van der Waals surface area contributed by atoms with Crippen LogP contribution in [0.4, 0.5) is 17.5 Å². The minimum atomic E-state index is 0.646. The van der Waals surface area contributed by atoms with Crippen molar-refractivity contribution in [3.63, 3.8) is 0 Å². The van der Waals surface area contributed by atoms with Crippen molar-refractivity contribution in [3.8, 4) is 0 Å². The van der Waals surface area contributed by atoms with Gasteiger partial charge in [-0.25, -0.2) is 4.98 Å². The lowest BCUT2D eigenvalue weighted by Crippen LogP contribution is -2.47. The predicted molar refractivity (Wildman–Crippen MR) is 118 cm³/mol. The van der Waals surface area contributed by atoms with E-state index >= 15 is 0 Å². The molecule has 2 unspecified atom stereocenters. The Balaban J connectivity index is 1.66. The first-order chi connectivity index (χ1) is 13.6. The van der Waals surface area contributed by atoms with Crippen molar-refractivity contribution in [2.45, 2.75) is 71.3 Å². The summed E-state index contributed by atoms with van der Waals surface area (Å²) in [6.45, 7) is 5.39. The molecule has 2 aromatic rings. The van der Waals surface area contributed by atoms with Crippen molar-refractivity contribution < 1.29 is 0 Å². The van der Waals surface area contributed by atoms with Crippen LogP contribution in [0.3, 0.4) is 0 Å². The molecule has 1 aromatic carbocycles. The maximum absolute atomic E-state index is 6.20. The smallest absolute Gasteiger partial charge is 0.229 e. The van der Waals surface area contributed by atoms with Crippen LogP contribution in [0.15, 0.2) is 24.3 Å². The van der Waals surface area contributed by atoms with Crippen LogP contribution in [0, 0.1) is 12.8 Å².